The van der Waals surface area contributed by atoms with Crippen LogP contribution in [0.25, 0.3) is 22.3 Å². The van der Waals surface area contributed by atoms with Crippen LogP contribution in [0, 0.1) is 5.82 Å². The van der Waals surface area contributed by atoms with Crippen LogP contribution in [0.5, 0.6) is 0 Å². The third kappa shape index (κ3) is 3.80. The molecule has 2 aromatic heterocycles. The van der Waals surface area contributed by atoms with E-state index in [0.717, 1.165) is 61.2 Å². The number of nitrogens with zero attached hydrogens (tertiary/aromatic N) is 4. The molecule has 0 bridgehead atoms. The third-order valence-corrected chi connectivity index (χ3v) is 5.18. The molecule has 0 saturated carbocycles. The Bertz CT molecular complexity index is 984. The molecule has 7 heteroatoms. The second-order valence-corrected chi connectivity index (χ2v) is 7.09. The van der Waals surface area contributed by atoms with E-state index in [1.165, 1.54) is 6.20 Å². The van der Waals surface area contributed by atoms with Crippen molar-refractivity contribution in [3.63, 3.8) is 0 Å². The predicted molar refractivity (Wildman–Crippen MR) is 109 cm³/mol. The van der Waals surface area contributed by atoms with Gasteiger partial charge in [-0.1, -0.05) is 19.9 Å². The van der Waals surface area contributed by atoms with Crippen molar-refractivity contribution in [1.29, 1.82) is 0 Å². The molecule has 1 aliphatic rings. The number of halogens is 1. The fourth-order valence-corrected chi connectivity index (χ4v) is 3.63. The van der Waals surface area contributed by atoms with Gasteiger partial charge in [0, 0.05) is 11.6 Å². The standard InChI is InChI=1S/C21H25FN6/c1-3-16-17(4-2)27-19-11-13(5-6-18(19)26-16)20-15(22)12-24-21(28-20)25-14-7-9-23-10-8-14/h5-6,11-12,14,23H,3-4,7-10H2,1-2H3,(H,24,25,28). The zero-order valence-corrected chi connectivity index (χ0v) is 16.3. The van der Waals surface area contributed by atoms with Gasteiger partial charge in [0.1, 0.15) is 5.69 Å². The smallest absolute Gasteiger partial charge is 0.223 e. The van der Waals surface area contributed by atoms with Crippen LogP contribution in [0.1, 0.15) is 38.1 Å². The largest absolute Gasteiger partial charge is 0.351 e. The summed E-state index contributed by atoms with van der Waals surface area (Å²) in [5.41, 5.74) is 4.56. The maximum atomic E-state index is 14.5. The Kier molecular flexibility index (Phi) is 5.43. The van der Waals surface area contributed by atoms with Crippen LogP contribution in [0.15, 0.2) is 24.4 Å². The highest BCUT2D eigenvalue weighted by Crippen LogP contribution is 2.25. The Morgan fingerprint density at radius 2 is 1.75 bits per heavy atom. The van der Waals surface area contributed by atoms with Gasteiger partial charge in [0.05, 0.1) is 28.6 Å². The van der Waals surface area contributed by atoms with Crippen LogP contribution < -0.4 is 10.6 Å². The minimum absolute atomic E-state index is 0.285. The normalized spacial score (nSPS) is 15.1. The number of rotatable bonds is 5. The second-order valence-electron chi connectivity index (χ2n) is 7.09. The molecule has 0 unspecified atom stereocenters. The van der Waals surface area contributed by atoms with Gasteiger partial charge in [-0.25, -0.2) is 24.3 Å². The van der Waals surface area contributed by atoms with Crippen molar-refractivity contribution in [2.24, 2.45) is 0 Å². The summed E-state index contributed by atoms with van der Waals surface area (Å²) in [5.74, 6) is 0.0223. The topological polar surface area (TPSA) is 75.6 Å². The van der Waals surface area contributed by atoms with Crippen LogP contribution in [-0.2, 0) is 12.8 Å². The zero-order chi connectivity index (χ0) is 19.5. The molecule has 0 atom stereocenters. The minimum Gasteiger partial charge on any atom is -0.351 e. The van der Waals surface area contributed by atoms with E-state index in [1.54, 1.807) is 0 Å². The Morgan fingerprint density at radius 1 is 1.04 bits per heavy atom. The average Bonchev–Trinajstić information content (AvgIpc) is 2.74. The molecular weight excluding hydrogens is 355 g/mol. The second kappa shape index (κ2) is 8.14. The highest BCUT2D eigenvalue weighted by atomic mass is 19.1. The van der Waals surface area contributed by atoms with Crippen molar-refractivity contribution >= 4 is 17.0 Å². The first-order valence-electron chi connectivity index (χ1n) is 9.97. The van der Waals surface area contributed by atoms with E-state index in [2.05, 4.69) is 34.4 Å². The summed E-state index contributed by atoms with van der Waals surface area (Å²) in [6, 6.07) is 5.90. The van der Waals surface area contributed by atoms with E-state index < -0.39 is 5.82 Å². The predicted octanol–water partition coefficient (Wildman–Crippen LogP) is 3.51. The lowest BCUT2D eigenvalue weighted by Gasteiger charge is -2.23. The molecule has 0 amide bonds. The quantitative estimate of drug-likeness (QED) is 0.705. The lowest BCUT2D eigenvalue weighted by Crippen LogP contribution is -2.35. The Labute approximate surface area is 164 Å². The summed E-state index contributed by atoms with van der Waals surface area (Å²) >= 11 is 0. The summed E-state index contributed by atoms with van der Waals surface area (Å²) in [6.07, 6.45) is 4.91. The lowest BCUT2D eigenvalue weighted by molar-refractivity contribution is 0.477. The number of nitrogens with one attached hydrogen (secondary N) is 2. The monoisotopic (exact) mass is 380 g/mol. The molecule has 0 spiro atoms. The number of hydrogen-bond acceptors (Lipinski definition) is 6. The number of aryl methyl sites for hydroxylation is 2. The fourth-order valence-electron chi connectivity index (χ4n) is 3.63. The summed E-state index contributed by atoms with van der Waals surface area (Å²) in [7, 11) is 0. The van der Waals surface area contributed by atoms with Gasteiger partial charge in [-0.05, 0) is 50.9 Å². The number of hydrogen-bond donors (Lipinski definition) is 2. The summed E-state index contributed by atoms with van der Waals surface area (Å²) < 4.78 is 14.5. The Hall–Kier alpha value is -2.67. The van der Waals surface area contributed by atoms with Crippen LogP contribution in [0.2, 0.25) is 0 Å². The van der Waals surface area contributed by atoms with Crippen molar-refractivity contribution in [1.82, 2.24) is 25.3 Å². The summed E-state index contributed by atoms with van der Waals surface area (Å²) in [5, 5.41) is 6.66. The van der Waals surface area contributed by atoms with Gasteiger partial charge in [0.15, 0.2) is 5.82 Å². The molecule has 1 saturated heterocycles. The van der Waals surface area contributed by atoms with Gasteiger partial charge in [0.2, 0.25) is 5.95 Å². The van der Waals surface area contributed by atoms with E-state index in [4.69, 9.17) is 9.97 Å². The van der Waals surface area contributed by atoms with Crippen molar-refractivity contribution in [3.05, 3.63) is 41.6 Å². The van der Waals surface area contributed by atoms with Crippen molar-refractivity contribution in [3.8, 4) is 11.3 Å². The van der Waals surface area contributed by atoms with E-state index in [1.807, 2.05) is 18.2 Å². The molecule has 1 aromatic carbocycles. The van der Waals surface area contributed by atoms with Crippen molar-refractivity contribution in [2.75, 3.05) is 18.4 Å². The van der Waals surface area contributed by atoms with Crippen molar-refractivity contribution in [2.45, 2.75) is 45.6 Å². The average molecular weight is 380 g/mol. The molecule has 2 N–H and O–H groups in total. The number of aromatic nitrogens is 4. The van der Waals surface area contributed by atoms with Crippen LogP contribution in [0.4, 0.5) is 10.3 Å². The molecule has 1 fully saturated rings. The molecule has 28 heavy (non-hydrogen) atoms. The molecule has 0 radical (unpaired) electrons. The number of benzene rings is 1. The van der Waals surface area contributed by atoms with Gasteiger partial charge in [0.25, 0.3) is 0 Å². The van der Waals surface area contributed by atoms with Gasteiger partial charge < -0.3 is 10.6 Å². The molecular formula is C21H25FN6. The molecule has 6 nitrogen and oxygen atoms in total. The summed E-state index contributed by atoms with van der Waals surface area (Å²) in [6.45, 7) is 6.08. The number of fused-ring (bicyclic) bond motifs is 1. The number of anilines is 1. The first-order chi connectivity index (χ1) is 13.7. The van der Waals surface area contributed by atoms with Gasteiger partial charge in [-0.15, -0.1) is 0 Å². The fraction of sp³-hybridized carbons (Fsp3) is 0.429. The Morgan fingerprint density at radius 3 is 2.46 bits per heavy atom. The van der Waals surface area contributed by atoms with E-state index in [0.29, 0.717) is 17.6 Å². The maximum Gasteiger partial charge on any atom is 0.223 e. The van der Waals surface area contributed by atoms with Crippen LogP contribution in [0.3, 0.4) is 0 Å². The van der Waals surface area contributed by atoms with E-state index in [9.17, 15) is 4.39 Å². The van der Waals surface area contributed by atoms with Gasteiger partial charge >= 0.3 is 0 Å². The maximum absolute atomic E-state index is 14.5. The molecule has 4 rings (SSSR count). The zero-order valence-electron chi connectivity index (χ0n) is 16.3. The molecule has 3 heterocycles. The van der Waals surface area contributed by atoms with Gasteiger partial charge in [-0.3, -0.25) is 0 Å². The Balaban J connectivity index is 1.69. The highest BCUT2D eigenvalue weighted by molar-refractivity contribution is 5.81. The SMILES string of the molecule is CCc1nc2ccc(-c3nc(NC4CCNCC4)ncc3F)cc2nc1CC. The van der Waals surface area contributed by atoms with E-state index >= 15 is 0 Å². The van der Waals surface area contributed by atoms with Crippen LogP contribution in [-0.4, -0.2) is 39.1 Å². The van der Waals surface area contributed by atoms with Crippen LogP contribution >= 0.6 is 0 Å². The molecule has 3 aromatic rings. The lowest BCUT2D eigenvalue weighted by atomic mass is 10.1. The van der Waals surface area contributed by atoms with Crippen molar-refractivity contribution < 1.29 is 4.39 Å². The van der Waals surface area contributed by atoms with E-state index in [-0.39, 0.29) is 5.69 Å². The summed E-state index contributed by atoms with van der Waals surface area (Å²) in [4.78, 5) is 18.0. The highest BCUT2D eigenvalue weighted by Gasteiger charge is 2.16. The number of piperidine rings is 1. The first kappa shape index (κ1) is 18.7. The third-order valence-electron chi connectivity index (χ3n) is 5.18. The van der Waals surface area contributed by atoms with Gasteiger partial charge in [-0.2, -0.15) is 0 Å². The first-order valence-corrected chi connectivity index (χ1v) is 9.97. The molecule has 0 aliphatic carbocycles. The minimum atomic E-state index is -0.441. The molecule has 146 valence electrons. The molecule has 1 aliphatic heterocycles.